The van der Waals surface area contributed by atoms with Crippen molar-refractivity contribution in [2.45, 2.75) is 0 Å². The number of carbonyl (C=O) groups excluding carboxylic acids is 1. The lowest BCUT2D eigenvalue weighted by Gasteiger charge is -1.95. The van der Waals surface area contributed by atoms with Gasteiger partial charge in [0, 0.05) is 0 Å². The van der Waals surface area contributed by atoms with Crippen molar-refractivity contribution in [3.63, 3.8) is 0 Å². The second-order valence-electron chi connectivity index (χ2n) is 2.23. The van der Waals surface area contributed by atoms with Crippen LogP contribution in [0.2, 0.25) is 0 Å². The van der Waals surface area contributed by atoms with Gasteiger partial charge < -0.3 is 5.11 Å². The van der Waals surface area contributed by atoms with Crippen LogP contribution < -0.4 is 0 Å². The molecular formula is C10H5NO2. The van der Waals surface area contributed by atoms with E-state index in [0.717, 1.165) is 0 Å². The van der Waals surface area contributed by atoms with E-state index in [1.165, 1.54) is 18.2 Å². The van der Waals surface area contributed by atoms with Crippen LogP contribution in [0.1, 0.15) is 11.1 Å². The number of hydrogen-bond acceptors (Lipinski definition) is 3. The number of phenolic OH excluding ortho intramolecular Hbond substituents is 1. The Kier molecular flexibility index (Phi) is 2.68. The second-order valence-corrected chi connectivity index (χ2v) is 2.23. The molecule has 0 radical (unpaired) electrons. The number of carbonyl (C=O) groups is 1. The summed E-state index contributed by atoms with van der Waals surface area (Å²) < 4.78 is 0. The van der Waals surface area contributed by atoms with E-state index in [-0.39, 0.29) is 11.3 Å². The van der Waals surface area contributed by atoms with Crippen LogP contribution in [-0.2, 0) is 4.79 Å². The number of aldehydes is 1. The molecule has 1 aromatic rings. The van der Waals surface area contributed by atoms with Crippen molar-refractivity contribution in [1.82, 2.24) is 0 Å². The molecular weight excluding hydrogens is 166 g/mol. The number of phenols is 1. The molecule has 1 aromatic carbocycles. The van der Waals surface area contributed by atoms with E-state index in [4.69, 9.17) is 5.26 Å². The normalized spacial score (nSPS) is 7.92. The molecule has 0 aliphatic heterocycles. The van der Waals surface area contributed by atoms with Gasteiger partial charge >= 0.3 is 0 Å². The molecule has 3 nitrogen and oxygen atoms in total. The van der Waals surface area contributed by atoms with Gasteiger partial charge in [0.2, 0.25) is 0 Å². The maximum Gasteiger partial charge on any atom is 0.193 e. The third kappa shape index (κ3) is 2.08. The summed E-state index contributed by atoms with van der Waals surface area (Å²) in [5.74, 6) is 4.54. The monoisotopic (exact) mass is 171 g/mol. The highest BCUT2D eigenvalue weighted by atomic mass is 16.3. The zero-order valence-electron chi connectivity index (χ0n) is 6.61. The summed E-state index contributed by atoms with van der Waals surface area (Å²) in [6.45, 7) is 0. The Balaban J connectivity index is 3.20. The van der Waals surface area contributed by atoms with Gasteiger partial charge in [0.15, 0.2) is 6.29 Å². The molecule has 0 saturated carbocycles. The second kappa shape index (κ2) is 3.94. The van der Waals surface area contributed by atoms with Gasteiger partial charge in [-0.3, -0.25) is 4.79 Å². The third-order valence-corrected chi connectivity index (χ3v) is 1.39. The SMILES string of the molecule is N#Cc1ccc(O)c(C#CC=O)c1. The van der Waals surface area contributed by atoms with Gasteiger partial charge in [0.05, 0.1) is 17.2 Å². The fraction of sp³-hybridized carbons (Fsp3) is 0. The Morgan fingerprint density at radius 3 is 2.85 bits per heavy atom. The smallest absolute Gasteiger partial charge is 0.193 e. The van der Waals surface area contributed by atoms with Crippen LogP contribution in [-0.4, -0.2) is 11.4 Å². The van der Waals surface area contributed by atoms with Crippen molar-refractivity contribution in [1.29, 1.82) is 5.26 Å². The maximum absolute atomic E-state index is 9.92. The van der Waals surface area contributed by atoms with Gasteiger partial charge in [0.1, 0.15) is 5.75 Å². The number of aromatic hydroxyl groups is 1. The van der Waals surface area contributed by atoms with Crippen molar-refractivity contribution in [3.05, 3.63) is 29.3 Å². The molecule has 1 rings (SSSR count). The Bertz CT molecular complexity index is 432. The van der Waals surface area contributed by atoms with Crippen molar-refractivity contribution < 1.29 is 9.90 Å². The van der Waals surface area contributed by atoms with Gasteiger partial charge in [-0.2, -0.15) is 5.26 Å². The summed E-state index contributed by atoms with van der Waals surface area (Å²) in [6, 6.07) is 6.17. The summed E-state index contributed by atoms with van der Waals surface area (Å²) in [7, 11) is 0. The summed E-state index contributed by atoms with van der Waals surface area (Å²) in [6.07, 6.45) is 0.429. The van der Waals surface area contributed by atoms with Gasteiger partial charge in [0.25, 0.3) is 0 Å². The van der Waals surface area contributed by atoms with Gasteiger partial charge in [-0.25, -0.2) is 0 Å². The van der Waals surface area contributed by atoms with Crippen LogP contribution in [0.4, 0.5) is 0 Å². The summed E-state index contributed by atoms with van der Waals surface area (Å²) in [4.78, 5) is 9.92. The van der Waals surface area contributed by atoms with Gasteiger partial charge in [-0.15, -0.1) is 0 Å². The van der Waals surface area contributed by atoms with E-state index >= 15 is 0 Å². The minimum Gasteiger partial charge on any atom is -0.507 e. The zero-order chi connectivity index (χ0) is 9.68. The first-order chi connectivity index (χ1) is 6.27. The Morgan fingerprint density at radius 1 is 1.46 bits per heavy atom. The maximum atomic E-state index is 9.92. The van der Waals surface area contributed by atoms with Crippen LogP contribution in [0, 0.1) is 23.2 Å². The van der Waals surface area contributed by atoms with E-state index in [2.05, 4.69) is 11.8 Å². The molecule has 0 aromatic heterocycles. The standard InChI is InChI=1S/C10H5NO2/c11-7-8-3-4-10(13)9(6-8)2-1-5-12/h3-6,13H. The van der Waals surface area contributed by atoms with Crippen molar-refractivity contribution in [2.75, 3.05) is 0 Å². The lowest BCUT2D eigenvalue weighted by molar-refractivity contribution is -0.103. The lowest BCUT2D eigenvalue weighted by atomic mass is 10.1. The largest absolute Gasteiger partial charge is 0.507 e. The number of nitriles is 1. The Labute approximate surface area is 75.2 Å². The first-order valence-electron chi connectivity index (χ1n) is 3.46. The number of rotatable bonds is 0. The van der Waals surface area contributed by atoms with E-state index in [9.17, 15) is 9.90 Å². The number of nitrogens with zero attached hydrogens (tertiary/aromatic N) is 1. The summed E-state index contributed by atoms with van der Waals surface area (Å²) in [5.41, 5.74) is 0.680. The highest BCUT2D eigenvalue weighted by Gasteiger charge is 1.98. The first-order valence-corrected chi connectivity index (χ1v) is 3.46. The fourth-order valence-electron chi connectivity index (χ4n) is 0.813. The molecule has 0 amide bonds. The predicted octanol–water partition coefficient (Wildman–Crippen LogP) is 0.814. The van der Waals surface area contributed by atoms with E-state index in [0.29, 0.717) is 11.8 Å². The van der Waals surface area contributed by atoms with Gasteiger partial charge in [-0.05, 0) is 24.1 Å². The number of hydrogen-bond donors (Lipinski definition) is 1. The Morgan fingerprint density at radius 2 is 2.23 bits per heavy atom. The highest BCUT2D eigenvalue weighted by Crippen LogP contribution is 2.16. The Hall–Kier alpha value is -2.26. The lowest BCUT2D eigenvalue weighted by Crippen LogP contribution is -1.80. The van der Waals surface area contributed by atoms with E-state index in [1.807, 2.05) is 6.07 Å². The molecule has 0 aliphatic rings. The van der Waals surface area contributed by atoms with Crippen LogP contribution in [0.5, 0.6) is 5.75 Å². The zero-order valence-corrected chi connectivity index (χ0v) is 6.61. The average molecular weight is 171 g/mol. The van der Waals surface area contributed by atoms with Crippen LogP contribution in [0.15, 0.2) is 18.2 Å². The minimum absolute atomic E-state index is 0.0339. The van der Waals surface area contributed by atoms with Crippen molar-refractivity contribution >= 4 is 6.29 Å². The quantitative estimate of drug-likeness (QED) is 0.464. The highest BCUT2D eigenvalue weighted by molar-refractivity contribution is 5.74. The van der Waals surface area contributed by atoms with Crippen molar-refractivity contribution in [2.24, 2.45) is 0 Å². The van der Waals surface area contributed by atoms with Crippen LogP contribution >= 0.6 is 0 Å². The predicted molar refractivity (Wildman–Crippen MR) is 45.8 cm³/mol. The topological polar surface area (TPSA) is 61.1 Å². The van der Waals surface area contributed by atoms with Crippen LogP contribution in [0.3, 0.4) is 0 Å². The van der Waals surface area contributed by atoms with E-state index in [1.54, 1.807) is 0 Å². The van der Waals surface area contributed by atoms with Gasteiger partial charge in [-0.1, -0.05) is 5.92 Å². The molecule has 13 heavy (non-hydrogen) atoms. The molecule has 1 N–H and O–H groups in total. The first kappa shape index (κ1) is 8.83. The fourth-order valence-corrected chi connectivity index (χ4v) is 0.813. The molecule has 0 heterocycles. The van der Waals surface area contributed by atoms with E-state index < -0.39 is 0 Å². The summed E-state index contributed by atoms with van der Waals surface area (Å²) >= 11 is 0. The molecule has 0 fully saturated rings. The van der Waals surface area contributed by atoms with Crippen LogP contribution in [0.25, 0.3) is 0 Å². The molecule has 3 heteroatoms. The summed E-state index contributed by atoms with van der Waals surface area (Å²) in [5, 5.41) is 17.8. The molecule has 0 aliphatic carbocycles. The molecule has 0 spiro atoms. The molecule has 0 saturated heterocycles. The third-order valence-electron chi connectivity index (χ3n) is 1.39. The molecule has 0 unspecified atom stereocenters. The molecule has 62 valence electrons. The van der Waals surface area contributed by atoms with Crippen molar-refractivity contribution in [3.8, 4) is 23.7 Å². The minimum atomic E-state index is -0.0339. The molecule has 0 bridgehead atoms. The average Bonchev–Trinajstić information content (AvgIpc) is 2.17. The molecule has 0 atom stereocenters. The number of benzene rings is 1.